The normalized spacial score (nSPS) is 22.0. The van der Waals surface area contributed by atoms with E-state index < -0.39 is 0 Å². The standard InChI is InChI=1S/C23H32N4O2/c1-27(15-17-5-3-2-4-6-17)16-22-13-21(26-29-22)11-19-14-24-10-9-18(19)12-23(28)25-20-7-8-20/h2-6,13,18-20,24H,7-12,14-16H2,1H3,(H,25,28)/t18-,19+/m0/s1. The van der Waals surface area contributed by atoms with Crippen LogP contribution in [-0.2, 0) is 24.3 Å². The Morgan fingerprint density at radius 3 is 2.83 bits per heavy atom. The molecule has 1 amide bonds. The minimum atomic E-state index is 0.216. The van der Waals surface area contributed by atoms with Gasteiger partial charge in [0.05, 0.1) is 12.2 Å². The second kappa shape index (κ2) is 9.55. The van der Waals surface area contributed by atoms with E-state index >= 15 is 0 Å². The molecule has 6 heteroatoms. The van der Waals surface area contributed by atoms with Gasteiger partial charge in [0.1, 0.15) is 0 Å². The molecule has 1 aromatic heterocycles. The molecule has 2 heterocycles. The average Bonchev–Trinajstić information content (AvgIpc) is 3.41. The molecule has 0 bridgehead atoms. The predicted octanol–water partition coefficient (Wildman–Crippen LogP) is 2.74. The lowest BCUT2D eigenvalue weighted by molar-refractivity contribution is -0.122. The van der Waals surface area contributed by atoms with Gasteiger partial charge < -0.3 is 15.2 Å². The molecule has 1 aliphatic carbocycles. The monoisotopic (exact) mass is 396 g/mol. The Hall–Kier alpha value is -2.18. The van der Waals surface area contributed by atoms with E-state index in [0.29, 0.717) is 24.3 Å². The van der Waals surface area contributed by atoms with E-state index in [0.717, 1.165) is 63.3 Å². The third kappa shape index (κ3) is 6.15. The van der Waals surface area contributed by atoms with E-state index in [1.165, 1.54) is 5.56 Å². The molecule has 2 N–H and O–H groups in total. The van der Waals surface area contributed by atoms with Crippen molar-refractivity contribution in [1.29, 1.82) is 0 Å². The lowest BCUT2D eigenvalue weighted by Crippen LogP contribution is -2.40. The Kier molecular flexibility index (Phi) is 6.62. The number of hydrogen-bond acceptors (Lipinski definition) is 5. The van der Waals surface area contributed by atoms with Crippen LogP contribution in [0.25, 0.3) is 0 Å². The molecule has 2 aromatic rings. The number of benzene rings is 1. The van der Waals surface area contributed by atoms with Crippen molar-refractivity contribution in [1.82, 2.24) is 20.7 Å². The lowest BCUT2D eigenvalue weighted by Gasteiger charge is -2.31. The van der Waals surface area contributed by atoms with Crippen LogP contribution in [-0.4, -0.2) is 42.1 Å². The molecular formula is C23H32N4O2. The SMILES string of the molecule is CN(Cc1ccccc1)Cc1cc(C[C@@H]2CNCC[C@H]2CC(=O)NC2CC2)no1. The molecule has 0 radical (unpaired) electrons. The molecule has 0 unspecified atom stereocenters. The molecule has 2 aliphatic rings. The maximum absolute atomic E-state index is 12.3. The molecule has 1 aliphatic heterocycles. The minimum Gasteiger partial charge on any atom is -0.360 e. The number of rotatable bonds is 9. The Balaban J connectivity index is 1.29. The van der Waals surface area contributed by atoms with Gasteiger partial charge in [-0.05, 0) is 63.2 Å². The van der Waals surface area contributed by atoms with Gasteiger partial charge in [-0.25, -0.2) is 0 Å². The fraction of sp³-hybridized carbons (Fsp3) is 0.565. The van der Waals surface area contributed by atoms with Gasteiger partial charge in [0.25, 0.3) is 0 Å². The molecule has 0 spiro atoms. The van der Waals surface area contributed by atoms with E-state index in [4.69, 9.17) is 4.52 Å². The van der Waals surface area contributed by atoms with Gasteiger partial charge in [-0.2, -0.15) is 0 Å². The topological polar surface area (TPSA) is 70.4 Å². The van der Waals surface area contributed by atoms with Crippen molar-refractivity contribution in [2.75, 3.05) is 20.1 Å². The van der Waals surface area contributed by atoms with Crippen LogP contribution in [0.2, 0.25) is 0 Å². The summed E-state index contributed by atoms with van der Waals surface area (Å²) in [5.41, 5.74) is 2.28. The van der Waals surface area contributed by atoms with Gasteiger partial charge in [-0.3, -0.25) is 9.69 Å². The van der Waals surface area contributed by atoms with E-state index in [1.54, 1.807) is 0 Å². The predicted molar refractivity (Wildman–Crippen MR) is 112 cm³/mol. The van der Waals surface area contributed by atoms with E-state index in [9.17, 15) is 4.79 Å². The largest absolute Gasteiger partial charge is 0.360 e. The molecular weight excluding hydrogens is 364 g/mol. The maximum Gasteiger partial charge on any atom is 0.220 e. The van der Waals surface area contributed by atoms with Crippen LogP contribution in [0.5, 0.6) is 0 Å². The van der Waals surface area contributed by atoms with Crippen LogP contribution >= 0.6 is 0 Å². The highest BCUT2D eigenvalue weighted by molar-refractivity contribution is 5.76. The first-order chi connectivity index (χ1) is 14.2. The summed E-state index contributed by atoms with van der Waals surface area (Å²) in [6.07, 6.45) is 4.82. The van der Waals surface area contributed by atoms with Crippen LogP contribution in [0.4, 0.5) is 0 Å². The summed E-state index contributed by atoms with van der Waals surface area (Å²) in [5, 5.41) is 10.9. The van der Waals surface area contributed by atoms with Crippen LogP contribution in [0.1, 0.15) is 42.7 Å². The minimum absolute atomic E-state index is 0.216. The molecule has 29 heavy (non-hydrogen) atoms. The zero-order valence-corrected chi connectivity index (χ0v) is 17.3. The van der Waals surface area contributed by atoms with Crippen molar-refractivity contribution in [2.45, 2.75) is 51.2 Å². The van der Waals surface area contributed by atoms with Gasteiger partial charge >= 0.3 is 0 Å². The number of amides is 1. The molecule has 6 nitrogen and oxygen atoms in total. The van der Waals surface area contributed by atoms with E-state index in [1.807, 2.05) is 6.07 Å². The Labute approximate surface area is 173 Å². The van der Waals surface area contributed by atoms with Crippen LogP contribution in [0.3, 0.4) is 0 Å². The van der Waals surface area contributed by atoms with Gasteiger partial charge in [-0.15, -0.1) is 0 Å². The Morgan fingerprint density at radius 2 is 2.03 bits per heavy atom. The van der Waals surface area contributed by atoms with Crippen molar-refractivity contribution in [3.05, 3.63) is 53.4 Å². The van der Waals surface area contributed by atoms with Gasteiger partial charge in [0, 0.05) is 25.1 Å². The van der Waals surface area contributed by atoms with Gasteiger partial charge in [-0.1, -0.05) is 35.5 Å². The summed E-state index contributed by atoms with van der Waals surface area (Å²) in [5.74, 6) is 1.95. The summed E-state index contributed by atoms with van der Waals surface area (Å²) in [7, 11) is 2.09. The molecule has 2 atom stereocenters. The quantitative estimate of drug-likeness (QED) is 0.682. The smallest absolute Gasteiger partial charge is 0.220 e. The molecule has 1 aromatic carbocycles. The Morgan fingerprint density at radius 1 is 1.21 bits per heavy atom. The van der Waals surface area contributed by atoms with E-state index in [2.05, 4.69) is 58.1 Å². The molecule has 156 valence electrons. The van der Waals surface area contributed by atoms with Gasteiger partial charge in [0.2, 0.25) is 5.91 Å². The first-order valence-electron chi connectivity index (χ1n) is 10.8. The van der Waals surface area contributed by atoms with Crippen molar-refractivity contribution in [3.63, 3.8) is 0 Å². The first kappa shape index (κ1) is 20.1. The highest BCUT2D eigenvalue weighted by Crippen LogP contribution is 2.27. The van der Waals surface area contributed by atoms with Gasteiger partial charge in [0.15, 0.2) is 5.76 Å². The number of piperidine rings is 1. The number of hydrogen-bond donors (Lipinski definition) is 2. The maximum atomic E-state index is 12.3. The number of nitrogens with zero attached hydrogens (tertiary/aromatic N) is 2. The number of carbonyl (C=O) groups excluding carboxylic acids is 1. The molecule has 1 saturated carbocycles. The molecule has 1 saturated heterocycles. The molecule has 2 fully saturated rings. The van der Waals surface area contributed by atoms with Crippen LogP contribution in [0, 0.1) is 11.8 Å². The fourth-order valence-corrected chi connectivity index (χ4v) is 4.25. The fourth-order valence-electron chi connectivity index (χ4n) is 4.25. The second-order valence-electron chi connectivity index (χ2n) is 8.71. The van der Waals surface area contributed by atoms with Crippen molar-refractivity contribution < 1.29 is 9.32 Å². The summed E-state index contributed by atoms with van der Waals surface area (Å²) in [6, 6.07) is 13.0. The van der Waals surface area contributed by atoms with Crippen LogP contribution < -0.4 is 10.6 Å². The third-order valence-corrected chi connectivity index (χ3v) is 5.96. The van der Waals surface area contributed by atoms with Crippen molar-refractivity contribution >= 4 is 5.91 Å². The zero-order valence-electron chi connectivity index (χ0n) is 17.3. The highest BCUT2D eigenvalue weighted by atomic mass is 16.5. The zero-order chi connectivity index (χ0) is 20.1. The third-order valence-electron chi connectivity index (χ3n) is 5.96. The number of nitrogens with one attached hydrogen (secondary N) is 2. The summed E-state index contributed by atoms with van der Waals surface area (Å²) >= 11 is 0. The number of aromatic nitrogens is 1. The number of carbonyl (C=O) groups is 1. The van der Waals surface area contributed by atoms with Crippen LogP contribution in [0.15, 0.2) is 40.9 Å². The summed E-state index contributed by atoms with van der Waals surface area (Å²) < 4.78 is 5.60. The van der Waals surface area contributed by atoms with E-state index in [-0.39, 0.29) is 5.91 Å². The second-order valence-corrected chi connectivity index (χ2v) is 8.71. The first-order valence-corrected chi connectivity index (χ1v) is 10.8. The van der Waals surface area contributed by atoms with Crippen molar-refractivity contribution in [3.8, 4) is 0 Å². The summed E-state index contributed by atoms with van der Waals surface area (Å²) in [4.78, 5) is 14.5. The Bertz CT molecular complexity index is 787. The summed E-state index contributed by atoms with van der Waals surface area (Å²) in [6.45, 7) is 3.54. The lowest BCUT2D eigenvalue weighted by atomic mass is 9.81. The highest BCUT2D eigenvalue weighted by Gasteiger charge is 2.30. The molecule has 4 rings (SSSR count). The average molecular weight is 397 g/mol. The van der Waals surface area contributed by atoms with Crippen molar-refractivity contribution in [2.24, 2.45) is 11.8 Å².